The first-order valence-electron chi connectivity index (χ1n) is 8.11. The maximum absolute atomic E-state index is 13.2. The molecule has 1 heterocycles. The van der Waals surface area contributed by atoms with Crippen molar-refractivity contribution >= 4 is 39.1 Å². The average molecular weight is 406 g/mol. The summed E-state index contributed by atoms with van der Waals surface area (Å²) in [6, 6.07) is 1.82. The van der Waals surface area contributed by atoms with E-state index in [2.05, 4.69) is 16.0 Å². The number of benzene rings is 1. The highest BCUT2D eigenvalue weighted by Gasteiger charge is 2.30. The molecule has 26 heavy (non-hydrogen) atoms. The quantitative estimate of drug-likeness (QED) is 0.696. The van der Waals surface area contributed by atoms with Crippen molar-refractivity contribution < 1.29 is 22.4 Å². The lowest BCUT2D eigenvalue weighted by Crippen LogP contribution is -2.52. The molecule has 3 N–H and O–H groups in total. The lowest BCUT2D eigenvalue weighted by molar-refractivity contribution is -0.118. The van der Waals surface area contributed by atoms with Crippen LogP contribution in [0.1, 0.15) is 20.3 Å². The summed E-state index contributed by atoms with van der Waals surface area (Å²) >= 11 is 5.69. The Hall–Kier alpha value is -1.87. The van der Waals surface area contributed by atoms with Crippen molar-refractivity contribution in [1.82, 2.24) is 10.6 Å². The van der Waals surface area contributed by atoms with E-state index in [9.17, 15) is 22.4 Å². The van der Waals surface area contributed by atoms with E-state index in [4.69, 9.17) is 11.6 Å². The van der Waals surface area contributed by atoms with E-state index < -0.39 is 39.7 Å². The zero-order valence-electron chi connectivity index (χ0n) is 14.4. The van der Waals surface area contributed by atoms with Crippen LogP contribution in [0, 0.1) is 11.7 Å². The topological polar surface area (TPSA) is 104 Å². The number of carbonyl (C=O) groups excluding carboxylic acids is 2. The van der Waals surface area contributed by atoms with Crippen molar-refractivity contribution in [2.45, 2.75) is 32.4 Å². The molecule has 1 saturated heterocycles. The van der Waals surface area contributed by atoms with Gasteiger partial charge in [-0.05, 0) is 30.5 Å². The summed E-state index contributed by atoms with van der Waals surface area (Å²) in [7, 11) is -3.12. The molecule has 0 aliphatic carbocycles. The summed E-state index contributed by atoms with van der Waals surface area (Å²) in [5.74, 6) is -1.39. The molecule has 2 unspecified atom stereocenters. The van der Waals surface area contributed by atoms with Gasteiger partial charge in [-0.3, -0.25) is 4.79 Å². The second-order valence-electron chi connectivity index (χ2n) is 6.56. The van der Waals surface area contributed by atoms with E-state index >= 15 is 0 Å². The SMILES string of the molecule is CC(C)C(NC(=O)NC1CCS(=O)(=O)C1)C(=O)Nc1ccc(F)c(Cl)c1. The second-order valence-corrected chi connectivity index (χ2v) is 9.19. The van der Waals surface area contributed by atoms with Crippen LogP contribution < -0.4 is 16.0 Å². The predicted octanol–water partition coefficient (Wildman–Crippen LogP) is 1.93. The zero-order chi connectivity index (χ0) is 19.5. The monoisotopic (exact) mass is 405 g/mol. The van der Waals surface area contributed by atoms with Gasteiger partial charge in [0.2, 0.25) is 5.91 Å². The molecular weight excluding hydrogens is 385 g/mol. The van der Waals surface area contributed by atoms with Gasteiger partial charge < -0.3 is 16.0 Å². The Labute approximate surface area is 156 Å². The summed E-state index contributed by atoms with van der Waals surface area (Å²) < 4.78 is 36.1. The number of sulfone groups is 1. The molecule has 2 rings (SSSR count). The first-order valence-corrected chi connectivity index (χ1v) is 10.3. The third-order valence-corrected chi connectivity index (χ3v) is 6.05. The second kappa shape index (κ2) is 8.22. The number of carbonyl (C=O) groups is 2. The van der Waals surface area contributed by atoms with Crippen LogP contribution in [-0.4, -0.2) is 43.9 Å². The smallest absolute Gasteiger partial charge is 0.315 e. The molecule has 0 saturated carbocycles. The van der Waals surface area contributed by atoms with Gasteiger partial charge in [0.15, 0.2) is 9.84 Å². The van der Waals surface area contributed by atoms with Gasteiger partial charge in [-0.25, -0.2) is 17.6 Å². The van der Waals surface area contributed by atoms with Gasteiger partial charge in [0, 0.05) is 11.7 Å². The highest BCUT2D eigenvalue weighted by Crippen LogP contribution is 2.20. The fourth-order valence-electron chi connectivity index (χ4n) is 2.61. The molecule has 3 amide bonds. The Morgan fingerprint density at radius 3 is 2.54 bits per heavy atom. The summed E-state index contributed by atoms with van der Waals surface area (Å²) in [4.78, 5) is 24.6. The molecule has 1 aromatic rings. The molecule has 0 spiro atoms. The first-order chi connectivity index (χ1) is 12.1. The number of halogens is 2. The van der Waals surface area contributed by atoms with E-state index in [1.807, 2.05) is 0 Å². The third kappa shape index (κ3) is 5.57. The van der Waals surface area contributed by atoms with Crippen LogP contribution in [0.2, 0.25) is 5.02 Å². The van der Waals surface area contributed by atoms with Gasteiger partial charge in [-0.1, -0.05) is 25.4 Å². The molecule has 0 radical (unpaired) electrons. The number of hydrogen-bond acceptors (Lipinski definition) is 4. The minimum absolute atomic E-state index is 0.0391. The Balaban J connectivity index is 1.97. The van der Waals surface area contributed by atoms with Crippen LogP contribution >= 0.6 is 11.6 Å². The Kier molecular flexibility index (Phi) is 6.46. The predicted molar refractivity (Wildman–Crippen MR) is 97.4 cm³/mol. The highest BCUT2D eigenvalue weighted by molar-refractivity contribution is 7.91. The van der Waals surface area contributed by atoms with Gasteiger partial charge in [-0.15, -0.1) is 0 Å². The molecule has 144 valence electrons. The Morgan fingerprint density at radius 1 is 1.31 bits per heavy atom. The van der Waals surface area contributed by atoms with Gasteiger partial charge in [-0.2, -0.15) is 0 Å². The maximum Gasteiger partial charge on any atom is 0.315 e. The summed E-state index contributed by atoms with van der Waals surface area (Å²) in [5, 5.41) is 7.58. The third-order valence-electron chi connectivity index (χ3n) is 3.99. The summed E-state index contributed by atoms with van der Waals surface area (Å²) in [5.41, 5.74) is 0.302. The molecule has 7 nitrogen and oxygen atoms in total. The van der Waals surface area contributed by atoms with Crippen LogP contribution in [-0.2, 0) is 14.6 Å². The average Bonchev–Trinajstić information content (AvgIpc) is 2.86. The van der Waals surface area contributed by atoms with Crippen LogP contribution in [0.5, 0.6) is 0 Å². The Morgan fingerprint density at radius 2 is 2.00 bits per heavy atom. The minimum Gasteiger partial charge on any atom is -0.334 e. The lowest BCUT2D eigenvalue weighted by atomic mass is 10.0. The number of hydrogen-bond donors (Lipinski definition) is 3. The van der Waals surface area contributed by atoms with Crippen LogP contribution in [0.4, 0.5) is 14.9 Å². The van der Waals surface area contributed by atoms with Crippen molar-refractivity contribution in [2.75, 3.05) is 16.8 Å². The summed E-state index contributed by atoms with van der Waals surface area (Å²) in [6.45, 7) is 3.50. The molecule has 1 aromatic carbocycles. The molecule has 2 atom stereocenters. The van der Waals surface area contributed by atoms with Gasteiger partial charge in [0.05, 0.1) is 16.5 Å². The normalized spacial score (nSPS) is 19.8. The molecular formula is C16H21ClFN3O4S. The van der Waals surface area contributed by atoms with Crippen LogP contribution in [0.25, 0.3) is 0 Å². The van der Waals surface area contributed by atoms with Crippen molar-refractivity contribution in [1.29, 1.82) is 0 Å². The number of amides is 3. The number of anilines is 1. The highest BCUT2D eigenvalue weighted by atomic mass is 35.5. The van der Waals surface area contributed by atoms with Crippen molar-refractivity contribution in [2.24, 2.45) is 5.92 Å². The summed E-state index contributed by atoms with van der Waals surface area (Å²) in [6.07, 6.45) is 0.350. The molecule has 1 fully saturated rings. The molecule has 10 heteroatoms. The van der Waals surface area contributed by atoms with Gasteiger partial charge in [0.1, 0.15) is 11.9 Å². The Bertz CT molecular complexity index is 801. The maximum atomic E-state index is 13.2. The van der Waals surface area contributed by atoms with E-state index in [1.165, 1.54) is 12.1 Å². The van der Waals surface area contributed by atoms with Crippen molar-refractivity contribution in [3.63, 3.8) is 0 Å². The number of rotatable bonds is 5. The molecule has 0 aromatic heterocycles. The largest absolute Gasteiger partial charge is 0.334 e. The molecule has 0 bridgehead atoms. The van der Waals surface area contributed by atoms with E-state index in [0.29, 0.717) is 12.1 Å². The van der Waals surface area contributed by atoms with Crippen molar-refractivity contribution in [3.05, 3.63) is 29.0 Å². The first kappa shape index (κ1) is 20.4. The van der Waals surface area contributed by atoms with E-state index in [0.717, 1.165) is 6.07 Å². The zero-order valence-corrected chi connectivity index (χ0v) is 16.0. The van der Waals surface area contributed by atoms with Gasteiger partial charge >= 0.3 is 6.03 Å². The fourth-order valence-corrected chi connectivity index (χ4v) is 4.46. The number of nitrogens with one attached hydrogen (secondary N) is 3. The van der Waals surface area contributed by atoms with E-state index in [1.54, 1.807) is 13.8 Å². The standard InChI is InChI=1S/C16H21ClFN3O4S/c1-9(2)14(15(22)19-10-3-4-13(18)12(17)7-10)21-16(23)20-11-5-6-26(24,25)8-11/h3-4,7,9,11,14H,5-6,8H2,1-2H3,(H,19,22)(H2,20,21,23). The van der Waals surface area contributed by atoms with Crippen LogP contribution in [0.15, 0.2) is 18.2 Å². The number of urea groups is 1. The minimum atomic E-state index is -3.12. The lowest BCUT2D eigenvalue weighted by Gasteiger charge is -2.23. The molecule has 1 aliphatic rings. The van der Waals surface area contributed by atoms with Gasteiger partial charge in [0.25, 0.3) is 0 Å². The fraction of sp³-hybridized carbons (Fsp3) is 0.500. The molecule has 1 aliphatic heterocycles. The van der Waals surface area contributed by atoms with E-state index in [-0.39, 0.29) is 22.4 Å². The van der Waals surface area contributed by atoms with Crippen LogP contribution in [0.3, 0.4) is 0 Å². The van der Waals surface area contributed by atoms with Crippen molar-refractivity contribution in [3.8, 4) is 0 Å².